The highest BCUT2D eigenvalue weighted by Crippen LogP contribution is 2.39. The Kier molecular flexibility index (Phi) is 7.36. The number of carbonyl (C=O) groups is 1. The molecule has 0 radical (unpaired) electrons. The van der Waals surface area contributed by atoms with Crippen molar-refractivity contribution < 1.29 is 4.79 Å². The number of nitrogens with one attached hydrogen (secondary N) is 2. The van der Waals surface area contributed by atoms with E-state index in [1.807, 2.05) is 49.8 Å². The standard InChI is InChI=1S/C26H25ClN4OS2/c1-14-10-18-20(11-15(14)2)28-13-21(23(18)17-8-6-7-9-19(17)27)30-26(32)31-24-22(33-4)12-16(3)29-25(24)34-5/h6-13H,1-5H3,(H2,30,31,32). The Balaban J connectivity index is 1.80. The molecule has 2 N–H and O–H groups in total. The number of pyridine rings is 2. The van der Waals surface area contributed by atoms with E-state index in [1.165, 1.54) is 11.8 Å². The van der Waals surface area contributed by atoms with E-state index in [-0.39, 0.29) is 6.03 Å². The molecule has 0 aliphatic rings. The van der Waals surface area contributed by atoms with Gasteiger partial charge in [0.2, 0.25) is 0 Å². The number of carbonyl (C=O) groups excluding carboxylic acids is 1. The first kappa shape index (κ1) is 24.4. The third kappa shape index (κ3) is 4.87. The third-order valence-electron chi connectivity index (χ3n) is 5.60. The number of anilines is 2. The zero-order valence-electron chi connectivity index (χ0n) is 19.6. The molecule has 0 bridgehead atoms. The number of benzene rings is 2. The number of aryl methyl sites for hydroxylation is 3. The Morgan fingerprint density at radius 2 is 1.71 bits per heavy atom. The molecule has 4 rings (SSSR count). The molecule has 0 saturated carbocycles. The average Bonchev–Trinajstić information content (AvgIpc) is 2.81. The van der Waals surface area contributed by atoms with E-state index in [4.69, 9.17) is 11.6 Å². The number of hydrogen-bond donors (Lipinski definition) is 2. The van der Waals surface area contributed by atoms with Crippen molar-refractivity contribution in [3.63, 3.8) is 0 Å². The summed E-state index contributed by atoms with van der Waals surface area (Å²) in [5, 5.41) is 8.32. The Morgan fingerprint density at radius 1 is 0.971 bits per heavy atom. The summed E-state index contributed by atoms with van der Waals surface area (Å²) in [5.41, 5.74) is 7.01. The highest BCUT2D eigenvalue weighted by Gasteiger charge is 2.18. The minimum Gasteiger partial charge on any atom is -0.306 e. The molecule has 2 aromatic carbocycles. The van der Waals surface area contributed by atoms with E-state index in [9.17, 15) is 4.79 Å². The predicted molar refractivity (Wildman–Crippen MR) is 147 cm³/mol. The molecule has 0 atom stereocenters. The number of aromatic nitrogens is 2. The second-order valence-electron chi connectivity index (χ2n) is 7.91. The van der Waals surface area contributed by atoms with E-state index < -0.39 is 0 Å². The molecule has 0 fully saturated rings. The molecule has 0 aliphatic carbocycles. The normalized spacial score (nSPS) is 11.0. The quantitative estimate of drug-likeness (QED) is 0.267. The Morgan fingerprint density at radius 3 is 2.41 bits per heavy atom. The maximum atomic E-state index is 13.2. The monoisotopic (exact) mass is 508 g/mol. The van der Waals surface area contributed by atoms with Crippen LogP contribution in [0.5, 0.6) is 0 Å². The Bertz CT molecular complexity index is 1380. The molecule has 0 aliphatic heterocycles. The molecule has 0 spiro atoms. The fourth-order valence-corrected chi connectivity index (χ4v) is 5.34. The third-order valence-corrected chi connectivity index (χ3v) is 7.38. The van der Waals surface area contributed by atoms with Gasteiger partial charge in [0.25, 0.3) is 0 Å². The summed E-state index contributed by atoms with van der Waals surface area (Å²) >= 11 is 9.67. The number of halogens is 1. The van der Waals surface area contributed by atoms with Crippen molar-refractivity contribution in [3.8, 4) is 11.1 Å². The molecule has 2 heterocycles. The molecule has 2 amide bonds. The van der Waals surface area contributed by atoms with Gasteiger partial charge in [-0.05, 0) is 68.7 Å². The number of urea groups is 1. The molecule has 0 unspecified atom stereocenters. The van der Waals surface area contributed by atoms with Crippen molar-refractivity contribution in [3.05, 3.63) is 70.5 Å². The number of nitrogens with zero attached hydrogens (tertiary/aromatic N) is 2. The summed E-state index contributed by atoms with van der Waals surface area (Å²) in [6.07, 6.45) is 5.62. The van der Waals surface area contributed by atoms with Gasteiger partial charge in [-0.3, -0.25) is 4.98 Å². The van der Waals surface area contributed by atoms with Crippen LogP contribution >= 0.6 is 35.1 Å². The summed E-state index contributed by atoms with van der Waals surface area (Å²) in [4.78, 5) is 23.4. The van der Waals surface area contributed by atoms with Gasteiger partial charge in [0.1, 0.15) is 5.03 Å². The fourth-order valence-electron chi connectivity index (χ4n) is 3.81. The molecule has 5 nitrogen and oxygen atoms in total. The smallest absolute Gasteiger partial charge is 0.306 e. The molecule has 4 aromatic rings. The second-order valence-corrected chi connectivity index (χ2v) is 9.96. The summed E-state index contributed by atoms with van der Waals surface area (Å²) in [7, 11) is 0. The Labute approximate surface area is 213 Å². The van der Waals surface area contributed by atoms with Crippen LogP contribution in [0.3, 0.4) is 0 Å². The van der Waals surface area contributed by atoms with Crippen molar-refractivity contribution in [2.24, 2.45) is 0 Å². The topological polar surface area (TPSA) is 66.9 Å². The van der Waals surface area contributed by atoms with Gasteiger partial charge < -0.3 is 10.6 Å². The summed E-state index contributed by atoms with van der Waals surface area (Å²) < 4.78 is 0. The molecule has 0 saturated heterocycles. The van der Waals surface area contributed by atoms with Crippen LogP contribution in [0.2, 0.25) is 5.02 Å². The molecular formula is C26H25ClN4OS2. The van der Waals surface area contributed by atoms with E-state index in [1.54, 1.807) is 18.0 Å². The molecule has 2 aromatic heterocycles. The predicted octanol–water partition coefficient (Wildman–Crippen LogP) is 7.96. The van der Waals surface area contributed by atoms with E-state index in [0.29, 0.717) is 16.4 Å². The van der Waals surface area contributed by atoms with Gasteiger partial charge in [-0.15, -0.1) is 23.5 Å². The van der Waals surface area contributed by atoms with Crippen LogP contribution in [0.25, 0.3) is 22.0 Å². The largest absolute Gasteiger partial charge is 0.323 e. The van der Waals surface area contributed by atoms with Crippen LogP contribution in [-0.4, -0.2) is 28.5 Å². The SMILES string of the molecule is CSc1cc(C)nc(SC)c1NC(=O)Nc1cnc2cc(C)c(C)cc2c1-c1ccccc1Cl. The number of amides is 2. The minimum absolute atomic E-state index is 0.366. The average molecular weight is 509 g/mol. The minimum atomic E-state index is -0.366. The fraction of sp³-hybridized carbons (Fsp3) is 0.192. The zero-order chi connectivity index (χ0) is 24.4. The molecule has 34 heavy (non-hydrogen) atoms. The van der Waals surface area contributed by atoms with Crippen LogP contribution in [0.1, 0.15) is 16.8 Å². The van der Waals surface area contributed by atoms with Crippen LogP contribution in [-0.2, 0) is 0 Å². The highest BCUT2D eigenvalue weighted by molar-refractivity contribution is 7.99. The van der Waals surface area contributed by atoms with Gasteiger partial charge in [-0.1, -0.05) is 29.8 Å². The van der Waals surface area contributed by atoms with E-state index >= 15 is 0 Å². The second kappa shape index (κ2) is 10.3. The lowest BCUT2D eigenvalue weighted by Gasteiger charge is -2.18. The molecular weight excluding hydrogens is 484 g/mol. The van der Waals surface area contributed by atoms with Gasteiger partial charge in [0, 0.05) is 32.1 Å². The first-order valence-electron chi connectivity index (χ1n) is 10.6. The zero-order valence-corrected chi connectivity index (χ0v) is 22.0. The number of fused-ring (bicyclic) bond motifs is 1. The first-order valence-corrected chi connectivity index (χ1v) is 13.5. The van der Waals surface area contributed by atoms with Gasteiger partial charge in [-0.2, -0.15) is 0 Å². The van der Waals surface area contributed by atoms with Crippen molar-refractivity contribution in [1.82, 2.24) is 9.97 Å². The van der Waals surface area contributed by atoms with Crippen LogP contribution in [0.4, 0.5) is 16.2 Å². The maximum Gasteiger partial charge on any atom is 0.323 e. The summed E-state index contributed by atoms with van der Waals surface area (Å²) in [6, 6.07) is 13.4. The van der Waals surface area contributed by atoms with E-state index in [2.05, 4.69) is 46.6 Å². The first-order chi connectivity index (χ1) is 16.3. The van der Waals surface area contributed by atoms with Gasteiger partial charge in [-0.25, -0.2) is 9.78 Å². The lowest BCUT2D eigenvalue weighted by molar-refractivity contribution is 0.262. The number of rotatable bonds is 5. The van der Waals surface area contributed by atoms with Crippen LogP contribution in [0.15, 0.2) is 58.6 Å². The van der Waals surface area contributed by atoms with Crippen LogP contribution in [0, 0.1) is 20.8 Å². The van der Waals surface area contributed by atoms with Crippen molar-refractivity contribution in [1.29, 1.82) is 0 Å². The highest BCUT2D eigenvalue weighted by atomic mass is 35.5. The number of hydrogen-bond acceptors (Lipinski definition) is 5. The Hall–Kier alpha value is -2.74. The van der Waals surface area contributed by atoms with Gasteiger partial charge >= 0.3 is 6.03 Å². The molecule has 174 valence electrons. The van der Waals surface area contributed by atoms with Crippen molar-refractivity contribution in [2.45, 2.75) is 30.7 Å². The van der Waals surface area contributed by atoms with Crippen molar-refractivity contribution in [2.75, 3.05) is 23.1 Å². The van der Waals surface area contributed by atoms with Crippen LogP contribution < -0.4 is 10.6 Å². The maximum absolute atomic E-state index is 13.2. The number of thioether (sulfide) groups is 2. The van der Waals surface area contributed by atoms with Crippen molar-refractivity contribution >= 4 is 63.4 Å². The van der Waals surface area contributed by atoms with Gasteiger partial charge in [0.15, 0.2) is 0 Å². The summed E-state index contributed by atoms with van der Waals surface area (Å²) in [6.45, 7) is 6.08. The summed E-state index contributed by atoms with van der Waals surface area (Å²) in [5.74, 6) is 0. The van der Waals surface area contributed by atoms with Gasteiger partial charge in [0.05, 0.1) is 23.1 Å². The lowest BCUT2D eigenvalue weighted by atomic mass is 9.96. The molecule has 8 heteroatoms. The lowest BCUT2D eigenvalue weighted by Crippen LogP contribution is -2.21. The van der Waals surface area contributed by atoms with E-state index in [0.717, 1.165) is 48.8 Å².